The van der Waals surface area contributed by atoms with Crippen molar-refractivity contribution >= 4 is 5.91 Å². The summed E-state index contributed by atoms with van der Waals surface area (Å²) in [7, 11) is 0. The molecule has 0 saturated carbocycles. The van der Waals surface area contributed by atoms with Gasteiger partial charge in [-0.3, -0.25) is 14.7 Å². The van der Waals surface area contributed by atoms with Crippen molar-refractivity contribution in [2.45, 2.75) is 44.6 Å². The number of aryl methyl sites for hydroxylation is 1. The Morgan fingerprint density at radius 3 is 2.96 bits per heavy atom. The highest BCUT2D eigenvalue weighted by atomic mass is 16.2. The zero-order chi connectivity index (χ0) is 17.0. The lowest BCUT2D eigenvalue weighted by molar-refractivity contribution is 0.0587. The maximum Gasteiger partial charge on any atom is 0.274 e. The zero-order valence-electron chi connectivity index (χ0n) is 14.2. The summed E-state index contributed by atoms with van der Waals surface area (Å²) < 4.78 is 1.90. The molecule has 130 valence electrons. The van der Waals surface area contributed by atoms with E-state index < -0.39 is 0 Å². The number of carbonyl (C=O) groups is 1. The molecule has 0 radical (unpaired) electrons. The van der Waals surface area contributed by atoms with E-state index >= 15 is 0 Å². The van der Waals surface area contributed by atoms with Crippen molar-refractivity contribution in [1.29, 1.82) is 0 Å². The van der Waals surface area contributed by atoms with Gasteiger partial charge in [-0.1, -0.05) is 6.07 Å². The molecule has 25 heavy (non-hydrogen) atoms. The Morgan fingerprint density at radius 2 is 2.04 bits per heavy atom. The first-order valence-corrected chi connectivity index (χ1v) is 9.26. The number of H-pyrrole nitrogens is 1. The van der Waals surface area contributed by atoms with Crippen LogP contribution in [0.15, 0.2) is 23.0 Å². The molecule has 2 aromatic heterocycles. The Hall–Kier alpha value is -2.37. The monoisotopic (exact) mass is 338 g/mol. The van der Waals surface area contributed by atoms with Crippen LogP contribution in [0.25, 0.3) is 0 Å². The molecule has 4 heterocycles. The number of piperidine rings is 1. The van der Waals surface area contributed by atoms with Crippen LogP contribution < -0.4 is 5.56 Å². The highest BCUT2D eigenvalue weighted by molar-refractivity contribution is 5.94. The molecular weight excluding hydrogens is 316 g/mol. The van der Waals surface area contributed by atoms with Gasteiger partial charge >= 0.3 is 0 Å². The van der Waals surface area contributed by atoms with Crippen LogP contribution in [0.1, 0.15) is 52.6 Å². The van der Waals surface area contributed by atoms with Crippen LogP contribution in [0.2, 0.25) is 0 Å². The first-order valence-electron chi connectivity index (χ1n) is 9.26. The fourth-order valence-corrected chi connectivity index (χ4v) is 4.87. The predicted octanol–water partition coefficient (Wildman–Crippen LogP) is 1.71. The van der Waals surface area contributed by atoms with Crippen molar-refractivity contribution in [1.82, 2.24) is 19.7 Å². The van der Waals surface area contributed by atoms with Gasteiger partial charge in [0.1, 0.15) is 0 Å². The molecule has 6 heteroatoms. The third-order valence-corrected chi connectivity index (χ3v) is 6.03. The minimum absolute atomic E-state index is 0.0563. The standard InChI is InChI=1S/C19H22N4O2/c24-17-7-3-6-16-13-8-12(10-23(16)17)9-22(11-13)19(25)18-14-4-1-2-5-15(14)20-21-18/h3,6-7,12-13H,1-2,4-5,8-11H2,(H,20,21). The van der Waals surface area contributed by atoms with Gasteiger partial charge < -0.3 is 9.47 Å². The fourth-order valence-electron chi connectivity index (χ4n) is 4.87. The van der Waals surface area contributed by atoms with Crippen LogP contribution in [0, 0.1) is 5.92 Å². The fraction of sp³-hybridized carbons (Fsp3) is 0.526. The summed E-state index contributed by atoms with van der Waals surface area (Å²) in [6.07, 6.45) is 5.31. The Kier molecular flexibility index (Phi) is 3.33. The van der Waals surface area contributed by atoms with Crippen LogP contribution in [0.3, 0.4) is 0 Å². The molecule has 0 aromatic carbocycles. The number of aromatic nitrogens is 3. The summed E-state index contributed by atoms with van der Waals surface area (Å²) in [6, 6.07) is 5.50. The lowest BCUT2D eigenvalue weighted by Crippen LogP contribution is -2.49. The number of hydrogen-bond donors (Lipinski definition) is 1. The Bertz CT molecular complexity index is 897. The third-order valence-electron chi connectivity index (χ3n) is 6.03. The summed E-state index contributed by atoms with van der Waals surface area (Å²) in [4.78, 5) is 27.2. The lowest BCUT2D eigenvalue weighted by atomic mass is 9.83. The van der Waals surface area contributed by atoms with Crippen molar-refractivity contribution in [2.75, 3.05) is 13.1 Å². The first kappa shape index (κ1) is 14.9. The van der Waals surface area contributed by atoms with E-state index in [-0.39, 0.29) is 17.4 Å². The molecule has 2 aliphatic heterocycles. The summed E-state index contributed by atoms with van der Waals surface area (Å²) in [5.41, 5.74) is 4.05. The van der Waals surface area contributed by atoms with E-state index in [2.05, 4.69) is 10.2 Å². The number of likely N-dealkylation sites (tertiary alicyclic amines) is 1. The Morgan fingerprint density at radius 1 is 1.16 bits per heavy atom. The van der Waals surface area contributed by atoms with Gasteiger partial charge in [0.05, 0.1) is 0 Å². The van der Waals surface area contributed by atoms with Crippen LogP contribution >= 0.6 is 0 Å². The van der Waals surface area contributed by atoms with E-state index in [1.54, 1.807) is 6.07 Å². The topological polar surface area (TPSA) is 71.0 Å². The predicted molar refractivity (Wildman–Crippen MR) is 92.7 cm³/mol. The van der Waals surface area contributed by atoms with E-state index in [0.29, 0.717) is 24.7 Å². The molecule has 2 aromatic rings. The average Bonchev–Trinajstić information content (AvgIpc) is 3.06. The second kappa shape index (κ2) is 5.58. The van der Waals surface area contributed by atoms with Crippen LogP contribution in [-0.2, 0) is 19.4 Å². The number of nitrogens with zero attached hydrogens (tertiary/aromatic N) is 3. The summed E-state index contributed by atoms with van der Waals surface area (Å²) >= 11 is 0. The lowest BCUT2D eigenvalue weighted by Gasteiger charge is -2.42. The number of carbonyl (C=O) groups excluding carboxylic acids is 1. The highest BCUT2D eigenvalue weighted by Crippen LogP contribution is 2.35. The molecule has 1 fully saturated rings. The number of amides is 1. The van der Waals surface area contributed by atoms with Gasteiger partial charge in [0.2, 0.25) is 0 Å². The van der Waals surface area contributed by atoms with Crippen molar-refractivity contribution in [3.63, 3.8) is 0 Å². The molecule has 5 rings (SSSR count). The molecule has 1 aliphatic carbocycles. The minimum Gasteiger partial charge on any atom is -0.336 e. The van der Waals surface area contributed by atoms with Crippen molar-refractivity contribution in [3.05, 3.63) is 51.2 Å². The molecule has 2 bridgehead atoms. The van der Waals surface area contributed by atoms with E-state index in [4.69, 9.17) is 0 Å². The van der Waals surface area contributed by atoms with E-state index in [1.807, 2.05) is 21.6 Å². The average molecular weight is 338 g/mol. The number of nitrogens with one attached hydrogen (secondary N) is 1. The molecule has 1 N–H and O–H groups in total. The number of pyridine rings is 1. The van der Waals surface area contributed by atoms with Gasteiger partial charge in [-0.2, -0.15) is 5.10 Å². The van der Waals surface area contributed by atoms with E-state index in [0.717, 1.165) is 49.2 Å². The molecule has 0 spiro atoms. The second-order valence-corrected chi connectivity index (χ2v) is 7.64. The smallest absolute Gasteiger partial charge is 0.274 e. The quantitative estimate of drug-likeness (QED) is 0.860. The van der Waals surface area contributed by atoms with E-state index in [9.17, 15) is 9.59 Å². The highest BCUT2D eigenvalue weighted by Gasteiger charge is 2.37. The van der Waals surface area contributed by atoms with Gasteiger partial charge in [0.15, 0.2) is 5.69 Å². The first-order chi connectivity index (χ1) is 12.2. The minimum atomic E-state index is 0.0563. The molecule has 2 atom stereocenters. The van der Waals surface area contributed by atoms with Crippen LogP contribution in [0.4, 0.5) is 0 Å². The summed E-state index contributed by atoms with van der Waals surface area (Å²) in [5.74, 6) is 0.658. The molecule has 1 saturated heterocycles. The molecule has 3 aliphatic rings. The Labute approximate surface area is 145 Å². The molecule has 2 unspecified atom stereocenters. The van der Waals surface area contributed by atoms with Gasteiger partial charge in [-0.25, -0.2) is 0 Å². The van der Waals surface area contributed by atoms with Gasteiger partial charge in [-0.15, -0.1) is 0 Å². The molecule has 6 nitrogen and oxygen atoms in total. The van der Waals surface area contributed by atoms with E-state index in [1.165, 1.54) is 6.42 Å². The second-order valence-electron chi connectivity index (χ2n) is 7.64. The molecule has 1 amide bonds. The number of rotatable bonds is 1. The van der Waals surface area contributed by atoms with Crippen LogP contribution in [0.5, 0.6) is 0 Å². The van der Waals surface area contributed by atoms with Crippen molar-refractivity contribution in [2.24, 2.45) is 5.92 Å². The van der Waals surface area contributed by atoms with Gasteiger partial charge in [-0.05, 0) is 44.1 Å². The normalized spacial score (nSPS) is 24.6. The SMILES string of the molecule is O=C(c1n[nH]c2c1CCCC2)N1CC2CC(C1)c1cccc(=O)n1C2. The maximum atomic E-state index is 13.1. The summed E-state index contributed by atoms with van der Waals surface area (Å²) in [5, 5.41) is 7.43. The summed E-state index contributed by atoms with van der Waals surface area (Å²) in [6.45, 7) is 2.12. The maximum absolute atomic E-state index is 13.1. The van der Waals surface area contributed by atoms with Crippen LogP contribution in [-0.4, -0.2) is 38.7 Å². The van der Waals surface area contributed by atoms with Crippen molar-refractivity contribution < 1.29 is 4.79 Å². The zero-order valence-corrected chi connectivity index (χ0v) is 14.2. The number of hydrogen-bond acceptors (Lipinski definition) is 3. The number of fused-ring (bicyclic) bond motifs is 5. The van der Waals surface area contributed by atoms with Crippen molar-refractivity contribution in [3.8, 4) is 0 Å². The Balaban J connectivity index is 1.45. The van der Waals surface area contributed by atoms with Gasteiger partial charge in [0, 0.05) is 48.6 Å². The number of aromatic amines is 1. The molecular formula is C19H22N4O2. The van der Waals surface area contributed by atoms with Gasteiger partial charge in [0.25, 0.3) is 11.5 Å². The third kappa shape index (κ3) is 2.34. The largest absolute Gasteiger partial charge is 0.336 e.